The van der Waals surface area contributed by atoms with Crippen LogP contribution < -0.4 is 10.6 Å². The van der Waals surface area contributed by atoms with E-state index in [2.05, 4.69) is 20.6 Å². The summed E-state index contributed by atoms with van der Waals surface area (Å²) in [6.45, 7) is 4.36. The first-order valence-corrected chi connectivity index (χ1v) is 9.24. The van der Waals surface area contributed by atoms with Crippen LogP contribution in [-0.2, 0) is 6.54 Å². The van der Waals surface area contributed by atoms with Gasteiger partial charge < -0.3 is 5.32 Å². The van der Waals surface area contributed by atoms with Gasteiger partial charge in [-0.2, -0.15) is 0 Å². The molecule has 2 aromatic carbocycles. The maximum atomic E-state index is 12.6. The number of nitrogens with zero attached hydrogens (tertiary/aromatic N) is 2. The Morgan fingerprint density at radius 2 is 1.86 bits per heavy atom. The monoisotopic (exact) mass is 392 g/mol. The van der Waals surface area contributed by atoms with E-state index in [4.69, 9.17) is 11.6 Å². The van der Waals surface area contributed by atoms with Gasteiger partial charge in [0.05, 0.1) is 12.2 Å². The number of guanidine groups is 1. The molecular formula is C22H21ClN4O. The Morgan fingerprint density at radius 1 is 1.07 bits per heavy atom. The molecule has 0 radical (unpaired) electrons. The van der Waals surface area contributed by atoms with Gasteiger partial charge in [-0.15, -0.1) is 0 Å². The first-order valence-electron chi connectivity index (χ1n) is 8.87. The minimum atomic E-state index is -0.269. The number of hydrogen-bond donors (Lipinski definition) is 2. The second-order valence-corrected chi connectivity index (χ2v) is 6.83. The summed E-state index contributed by atoms with van der Waals surface area (Å²) in [5.74, 6) is 0.0912. The average molecular weight is 393 g/mol. The Bertz CT molecular complexity index is 985. The van der Waals surface area contributed by atoms with E-state index in [9.17, 15) is 4.79 Å². The Labute approximate surface area is 169 Å². The van der Waals surface area contributed by atoms with Crippen molar-refractivity contribution in [1.29, 1.82) is 0 Å². The molecule has 0 saturated heterocycles. The largest absolute Gasteiger partial charge is 0.326 e. The van der Waals surface area contributed by atoms with Crippen molar-refractivity contribution in [2.45, 2.75) is 20.4 Å². The van der Waals surface area contributed by atoms with Crippen molar-refractivity contribution in [2.75, 3.05) is 5.32 Å². The molecule has 0 fully saturated rings. The number of aliphatic imine (C=N–C) groups is 1. The normalized spacial score (nSPS) is 11.2. The highest BCUT2D eigenvalue weighted by molar-refractivity contribution is 6.30. The van der Waals surface area contributed by atoms with Gasteiger partial charge in [0.25, 0.3) is 5.91 Å². The summed E-state index contributed by atoms with van der Waals surface area (Å²) in [5.41, 5.74) is 4.36. The Morgan fingerprint density at radius 3 is 2.57 bits per heavy atom. The number of aryl methyl sites for hydroxylation is 2. The number of rotatable bonds is 4. The standard InChI is InChI=1S/C22H21ClN4O/c1-15-6-7-16(2)20(13-15)26-22(25-14-19-5-3-4-12-24-19)27-21(28)17-8-10-18(23)11-9-17/h3-13H,14H2,1-2H3,(H2,25,26,27,28). The number of amides is 1. The van der Waals surface area contributed by atoms with Crippen molar-refractivity contribution in [3.05, 3.63) is 94.3 Å². The number of halogens is 1. The van der Waals surface area contributed by atoms with E-state index in [1.54, 1.807) is 30.5 Å². The van der Waals surface area contributed by atoms with Crippen molar-refractivity contribution >= 4 is 29.2 Å². The van der Waals surface area contributed by atoms with Crippen molar-refractivity contribution in [3.63, 3.8) is 0 Å². The highest BCUT2D eigenvalue weighted by atomic mass is 35.5. The summed E-state index contributed by atoms with van der Waals surface area (Å²) in [6.07, 6.45) is 1.72. The van der Waals surface area contributed by atoms with Crippen LogP contribution in [0.15, 0.2) is 71.9 Å². The van der Waals surface area contributed by atoms with E-state index in [0.717, 1.165) is 22.5 Å². The van der Waals surface area contributed by atoms with Crippen LogP contribution in [0.5, 0.6) is 0 Å². The zero-order chi connectivity index (χ0) is 19.9. The Hall–Kier alpha value is -3.18. The fourth-order valence-electron chi connectivity index (χ4n) is 2.54. The molecule has 1 amide bonds. The van der Waals surface area contributed by atoms with Gasteiger partial charge in [0.2, 0.25) is 5.96 Å². The third kappa shape index (κ3) is 5.41. The van der Waals surface area contributed by atoms with Gasteiger partial charge in [0.15, 0.2) is 0 Å². The zero-order valence-corrected chi connectivity index (χ0v) is 16.5. The van der Waals surface area contributed by atoms with Crippen molar-refractivity contribution in [2.24, 2.45) is 4.99 Å². The molecule has 0 aliphatic rings. The minimum Gasteiger partial charge on any atom is -0.326 e. The molecule has 0 aliphatic heterocycles. The molecule has 5 nitrogen and oxygen atoms in total. The second-order valence-electron chi connectivity index (χ2n) is 6.39. The van der Waals surface area contributed by atoms with Gasteiger partial charge in [-0.3, -0.25) is 15.1 Å². The average Bonchev–Trinajstić information content (AvgIpc) is 2.70. The maximum absolute atomic E-state index is 12.6. The Balaban J connectivity index is 1.83. The predicted molar refractivity (Wildman–Crippen MR) is 114 cm³/mol. The molecule has 0 bridgehead atoms. The number of aromatic nitrogens is 1. The molecular weight excluding hydrogens is 372 g/mol. The first kappa shape index (κ1) is 19.6. The van der Waals surface area contributed by atoms with Gasteiger partial charge in [0, 0.05) is 22.5 Å². The van der Waals surface area contributed by atoms with Crippen LogP contribution in [0.4, 0.5) is 5.69 Å². The van der Waals surface area contributed by atoms with Gasteiger partial charge in [0.1, 0.15) is 0 Å². The topological polar surface area (TPSA) is 66.4 Å². The zero-order valence-electron chi connectivity index (χ0n) is 15.7. The van der Waals surface area contributed by atoms with E-state index in [1.807, 2.05) is 50.2 Å². The predicted octanol–water partition coefficient (Wildman–Crippen LogP) is 4.75. The molecule has 0 unspecified atom stereocenters. The lowest BCUT2D eigenvalue weighted by atomic mass is 10.1. The molecule has 3 rings (SSSR count). The number of nitrogens with one attached hydrogen (secondary N) is 2. The Kier molecular flexibility index (Phi) is 6.40. The molecule has 28 heavy (non-hydrogen) atoms. The molecule has 1 aromatic heterocycles. The summed E-state index contributed by atoms with van der Waals surface area (Å²) >= 11 is 5.90. The molecule has 6 heteroatoms. The highest BCUT2D eigenvalue weighted by Crippen LogP contribution is 2.16. The van der Waals surface area contributed by atoms with Crippen LogP contribution in [-0.4, -0.2) is 16.9 Å². The number of pyridine rings is 1. The number of anilines is 1. The van der Waals surface area contributed by atoms with Crippen LogP contribution in [0.2, 0.25) is 5.02 Å². The SMILES string of the molecule is Cc1ccc(C)c(NC(=NCc2ccccn2)NC(=O)c2ccc(Cl)cc2)c1. The van der Waals surface area contributed by atoms with Crippen LogP contribution in [0.25, 0.3) is 0 Å². The third-order valence-corrected chi connectivity index (χ3v) is 4.36. The molecule has 0 saturated carbocycles. The lowest BCUT2D eigenvalue weighted by Gasteiger charge is -2.14. The van der Waals surface area contributed by atoms with Crippen molar-refractivity contribution < 1.29 is 4.79 Å². The van der Waals surface area contributed by atoms with Crippen LogP contribution in [0, 0.1) is 13.8 Å². The molecule has 2 N–H and O–H groups in total. The van der Waals surface area contributed by atoms with Gasteiger partial charge >= 0.3 is 0 Å². The number of hydrogen-bond acceptors (Lipinski definition) is 3. The smallest absolute Gasteiger partial charge is 0.257 e. The summed E-state index contributed by atoms with van der Waals surface area (Å²) in [7, 11) is 0. The first-order chi connectivity index (χ1) is 13.5. The fraction of sp³-hybridized carbons (Fsp3) is 0.136. The lowest BCUT2D eigenvalue weighted by molar-refractivity contribution is 0.0977. The van der Waals surface area contributed by atoms with Crippen LogP contribution >= 0.6 is 11.6 Å². The quantitative estimate of drug-likeness (QED) is 0.497. The molecule has 0 aliphatic carbocycles. The molecule has 3 aromatic rings. The number of benzene rings is 2. The highest BCUT2D eigenvalue weighted by Gasteiger charge is 2.11. The third-order valence-electron chi connectivity index (χ3n) is 4.11. The van der Waals surface area contributed by atoms with Crippen LogP contribution in [0.1, 0.15) is 27.2 Å². The number of carbonyl (C=O) groups is 1. The van der Waals surface area contributed by atoms with Gasteiger partial charge in [-0.1, -0.05) is 29.8 Å². The van der Waals surface area contributed by atoms with E-state index in [-0.39, 0.29) is 5.91 Å². The van der Waals surface area contributed by atoms with Crippen molar-refractivity contribution in [3.8, 4) is 0 Å². The van der Waals surface area contributed by atoms with E-state index >= 15 is 0 Å². The van der Waals surface area contributed by atoms with Gasteiger partial charge in [-0.05, 0) is 67.4 Å². The number of carbonyl (C=O) groups excluding carboxylic acids is 1. The summed E-state index contributed by atoms with van der Waals surface area (Å²) in [6, 6.07) is 18.4. The van der Waals surface area contributed by atoms with Crippen molar-refractivity contribution in [1.82, 2.24) is 10.3 Å². The lowest BCUT2D eigenvalue weighted by Crippen LogP contribution is -2.36. The minimum absolute atomic E-state index is 0.269. The molecule has 0 atom stereocenters. The van der Waals surface area contributed by atoms with E-state index < -0.39 is 0 Å². The molecule has 142 valence electrons. The molecule has 0 spiro atoms. The van der Waals surface area contributed by atoms with Gasteiger partial charge in [-0.25, -0.2) is 4.99 Å². The second kappa shape index (κ2) is 9.15. The van der Waals surface area contributed by atoms with E-state index in [0.29, 0.717) is 23.1 Å². The van der Waals surface area contributed by atoms with Crippen LogP contribution in [0.3, 0.4) is 0 Å². The maximum Gasteiger partial charge on any atom is 0.257 e. The summed E-state index contributed by atoms with van der Waals surface area (Å²) in [5, 5.41) is 6.66. The molecule has 1 heterocycles. The van der Waals surface area contributed by atoms with E-state index in [1.165, 1.54) is 0 Å². The fourth-order valence-corrected chi connectivity index (χ4v) is 2.67. The summed E-state index contributed by atoms with van der Waals surface area (Å²) < 4.78 is 0. The summed E-state index contributed by atoms with van der Waals surface area (Å²) in [4.78, 5) is 21.4.